The molecule has 2 rings (SSSR count). The van der Waals surface area contributed by atoms with Crippen molar-refractivity contribution in [3.05, 3.63) is 58.1 Å². The van der Waals surface area contributed by atoms with Crippen LogP contribution in [0.2, 0.25) is 0 Å². The number of nitro groups is 1. The van der Waals surface area contributed by atoms with Crippen molar-refractivity contribution in [2.75, 3.05) is 19.0 Å². The quantitative estimate of drug-likeness (QED) is 0.621. The highest BCUT2D eigenvalue weighted by Crippen LogP contribution is 2.26. The van der Waals surface area contributed by atoms with Crippen LogP contribution in [-0.4, -0.2) is 24.5 Å². The molecule has 7 heteroatoms. The Morgan fingerprint density at radius 1 is 1.21 bits per heavy atom. The first-order chi connectivity index (χ1) is 11.5. The fraction of sp³-hybridized carbons (Fsp3) is 0.235. The Hall–Kier alpha value is -3.09. The maximum atomic E-state index is 12.0. The number of nitro benzene ring substituents is 1. The summed E-state index contributed by atoms with van der Waals surface area (Å²) in [6, 6.07) is 11.5. The van der Waals surface area contributed by atoms with Gasteiger partial charge in [-0.05, 0) is 30.7 Å². The lowest BCUT2D eigenvalue weighted by atomic mass is 10.1. The smallest absolute Gasteiger partial charge is 0.269 e. The molecule has 0 fully saturated rings. The molecule has 0 saturated heterocycles. The molecule has 1 N–H and O–H groups in total. The van der Waals surface area contributed by atoms with E-state index in [0.29, 0.717) is 22.7 Å². The zero-order chi connectivity index (χ0) is 17.5. The molecule has 0 heterocycles. The predicted octanol–water partition coefficient (Wildman–Crippen LogP) is 3.32. The van der Waals surface area contributed by atoms with Gasteiger partial charge in [-0.1, -0.05) is 12.1 Å². The molecule has 0 aromatic heterocycles. The first-order valence-electron chi connectivity index (χ1n) is 7.32. The summed E-state index contributed by atoms with van der Waals surface area (Å²) < 4.78 is 10.7. The van der Waals surface area contributed by atoms with Gasteiger partial charge in [0.2, 0.25) is 5.91 Å². The number of anilines is 1. The van der Waals surface area contributed by atoms with Crippen molar-refractivity contribution >= 4 is 17.3 Å². The van der Waals surface area contributed by atoms with Gasteiger partial charge < -0.3 is 14.8 Å². The van der Waals surface area contributed by atoms with Crippen molar-refractivity contribution in [2.45, 2.75) is 13.3 Å². The molecule has 0 bridgehead atoms. The van der Waals surface area contributed by atoms with Crippen molar-refractivity contribution in [2.24, 2.45) is 0 Å². The highest BCUT2D eigenvalue weighted by molar-refractivity contribution is 5.91. The van der Waals surface area contributed by atoms with Crippen molar-refractivity contribution in [1.82, 2.24) is 0 Å². The molecule has 0 radical (unpaired) electrons. The van der Waals surface area contributed by atoms with Crippen LogP contribution < -0.4 is 14.8 Å². The average Bonchev–Trinajstić information content (AvgIpc) is 2.57. The van der Waals surface area contributed by atoms with E-state index < -0.39 is 4.92 Å². The van der Waals surface area contributed by atoms with Gasteiger partial charge >= 0.3 is 0 Å². The van der Waals surface area contributed by atoms with Gasteiger partial charge in [0, 0.05) is 17.8 Å². The second kappa shape index (κ2) is 7.96. The second-order valence-corrected chi connectivity index (χ2v) is 5.05. The topological polar surface area (TPSA) is 90.7 Å². The molecule has 0 aliphatic rings. The molecule has 0 saturated carbocycles. The van der Waals surface area contributed by atoms with E-state index in [-0.39, 0.29) is 24.6 Å². The fourth-order valence-corrected chi connectivity index (χ4v) is 2.11. The van der Waals surface area contributed by atoms with Gasteiger partial charge in [-0.2, -0.15) is 0 Å². The summed E-state index contributed by atoms with van der Waals surface area (Å²) in [5.74, 6) is 0.935. The predicted molar refractivity (Wildman–Crippen MR) is 89.6 cm³/mol. The van der Waals surface area contributed by atoms with Crippen LogP contribution in [0.25, 0.3) is 0 Å². The molecule has 0 aliphatic carbocycles. The third-order valence-corrected chi connectivity index (χ3v) is 3.35. The highest BCUT2D eigenvalue weighted by atomic mass is 16.6. The zero-order valence-electron chi connectivity index (χ0n) is 13.4. The summed E-state index contributed by atoms with van der Waals surface area (Å²) >= 11 is 0. The number of hydrogen-bond acceptors (Lipinski definition) is 5. The Labute approximate surface area is 139 Å². The van der Waals surface area contributed by atoms with E-state index in [9.17, 15) is 14.9 Å². The maximum absolute atomic E-state index is 12.0. The number of carbonyl (C=O) groups is 1. The maximum Gasteiger partial charge on any atom is 0.269 e. The Kier molecular flexibility index (Phi) is 5.73. The van der Waals surface area contributed by atoms with Gasteiger partial charge in [0.1, 0.15) is 0 Å². The third-order valence-electron chi connectivity index (χ3n) is 3.35. The number of para-hydroxylation sites is 2. The van der Waals surface area contributed by atoms with E-state index >= 15 is 0 Å². The molecule has 0 aliphatic heterocycles. The largest absolute Gasteiger partial charge is 0.493 e. The van der Waals surface area contributed by atoms with Gasteiger partial charge in [0.05, 0.1) is 25.1 Å². The Morgan fingerprint density at radius 3 is 2.54 bits per heavy atom. The molecule has 2 aromatic rings. The van der Waals surface area contributed by atoms with Crippen molar-refractivity contribution < 1.29 is 19.2 Å². The van der Waals surface area contributed by atoms with Crippen LogP contribution in [0.15, 0.2) is 42.5 Å². The molecule has 1 amide bonds. The number of carbonyl (C=O) groups excluding carboxylic acids is 1. The first-order valence-corrected chi connectivity index (χ1v) is 7.32. The van der Waals surface area contributed by atoms with Gasteiger partial charge in [-0.3, -0.25) is 14.9 Å². The van der Waals surface area contributed by atoms with E-state index in [4.69, 9.17) is 9.47 Å². The lowest BCUT2D eigenvalue weighted by Gasteiger charge is -2.11. The lowest BCUT2D eigenvalue weighted by Crippen LogP contribution is -2.16. The molecule has 7 nitrogen and oxygen atoms in total. The normalized spacial score (nSPS) is 10.1. The van der Waals surface area contributed by atoms with Gasteiger partial charge in [-0.15, -0.1) is 0 Å². The van der Waals surface area contributed by atoms with Crippen LogP contribution in [0.1, 0.15) is 12.0 Å². The molecule has 2 aromatic carbocycles. The number of nitrogens with one attached hydrogen (secondary N) is 1. The van der Waals surface area contributed by atoms with E-state index in [1.165, 1.54) is 18.2 Å². The van der Waals surface area contributed by atoms with Crippen LogP contribution in [0.3, 0.4) is 0 Å². The van der Waals surface area contributed by atoms with Crippen LogP contribution in [0.4, 0.5) is 11.4 Å². The number of nitrogens with zero attached hydrogens (tertiary/aromatic N) is 1. The average molecular weight is 330 g/mol. The molecule has 0 unspecified atom stereocenters. The SMILES string of the molecule is COc1ccccc1OCCC(=O)Nc1ccc([N+](=O)[O-])cc1C. The number of amides is 1. The molecule has 24 heavy (non-hydrogen) atoms. The van der Waals surface area contributed by atoms with E-state index in [0.717, 1.165) is 0 Å². The molecule has 126 valence electrons. The highest BCUT2D eigenvalue weighted by Gasteiger charge is 2.11. The molecule has 0 atom stereocenters. The van der Waals surface area contributed by atoms with Crippen LogP contribution in [0.5, 0.6) is 11.5 Å². The minimum atomic E-state index is -0.473. The van der Waals surface area contributed by atoms with E-state index in [1.807, 2.05) is 12.1 Å². The summed E-state index contributed by atoms with van der Waals surface area (Å²) in [7, 11) is 1.55. The monoisotopic (exact) mass is 330 g/mol. The standard InChI is InChI=1S/C17H18N2O5/c1-12-11-13(19(21)22)7-8-14(12)18-17(20)9-10-24-16-6-4-3-5-15(16)23-2/h3-8,11H,9-10H2,1-2H3,(H,18,20). The summed E-state index contributed by atoms with van der Waals surface area (Å²) in [4.78, 5) is 22.2. The van der Waals surface area contributed by atoms with Gasteiger partial charge in [-0.25, -0.2) is 0 Å². The fourth-order valence-electron chi connectivity index (χ4n) is 2.11. The lowest BCUT2D eigenvalue weighted by molar-refractivity contribution is -0.384. The number of ether oxygens (including phenoxy) is 2. The number of methoxy groups -OCH3 is 1. The Morgan fingerprint density at radius 2 is 1.92 bits per heavy atom. The third kappa shape index (κ3) is 4.45. The van der Waals surface area contributed by atoms with Crippen molar-refractivity contribution in [1.29, 1.82) is 0 Å². The van der Waals surface area contributed by atoms with Crippen molar-refractivity contribution in [3.8, 4) is 11.5 Å². The molecular weight excluding hydrogens is 312 g/mol. The van der Waals surface area contributed by atoms with Gasteiger partial charge in [0.15, 0.2) is 11.5 Å². The van der Waals surface area contributed by atoms with E-state index in [1.54, 1.807) is 26.2 Å². The second-order valence-electron chi connectivity index (χ2n) is 5.05. The zero-order valence-corrected chi connectivity index (χ0v) is 13.4. The number of non-ortho nitro benzene ring substituents is 1. The minimum absolute atomic E-state index is 0.00925. The number of benzene rings is 2. The summed E-state index contributed by atoms with van der Waals surface area (Å²) in [6.45, 7) is 1.90. The van der Waals surface area contributed by atoms with Crippen LogP contribution in [0, 0.1) is 17.0 Å². The minimum Gasteiger partial charge on any atom is -0.493 e. The van der Waals surface area contributed by atoms with Gasteiger partial charge in [0.25, 0.3) is 5.69 Å². The van der Waals surface area contributed by atoms with Crippen LogP contribution >= 0.6 is 0 Å². The molecule has 0 spiro atoms. The Balaban J connectivity index is 1.88. The van der Waals surface area contributed by atoms with Crippen molar-refractivity contribution in [3.63, 3.8) is 0 Å². The summed E-state index contributed by atoms with van der Waals surface area (Å²) in [5.41, 5.74) is 1.16. The molecular formula is C17H18N2O5. The van der Waals surface area contributed by atoms with Crippen LogP contribution in [-0.2, 0) is 4.79 Å². The Bertz CT molecular complexity index is 746. The number of aryl methyl sites for hydroxylation is 1. The number of rotatable bonds is 7. The van der Waals surface area contributed by atoms with E-state index in [2.05, 4.69) is 5.32 Å². The first kappa shape index (κ1) is 17.3. The number of hydrogen-bond donors (Lipinski definition) is 1. The summed E-state index contributed by atoms with van der Waals surface area (Å²) in [5, 5.41) is 13.4. The summed E-state index contributed by atoms with van der Waals surface area (Å²) in [6.07, 6.45) is 0.147.